The summed E-state index contributed by atoms with van der Waals surface area (Å²) in [6.07, 6.45) is 0. The van der Waals surface area contributed by atoms with E-state index in [2.05, 4.69) is 0 Å². The smallest absolute Gasteiger partial charge is 0.297 e. The Labute approximate surface area is 200 Å². The van der Waals surface area contributed by atoms with Crippen molar-refractivity contribution in [1.82, 2.24) is 0 Å². The molecule has 0 unspecified atom stereocenters. The Bertz CT molecular complexity index is 1430. The Morgan fingerprint density at radius 2 is 1.57 bits per heavy atom. The Balaban J connectivity index is 1.64. The number of benzene rings is 3. The molecule has 0 radical (unpaired) electrons. The number of hydrogen-bond acceptors (Lipinski definition) is 6. The van der Waals surface area contributed by atoms with E-state index in [0.29, 0.717) is 0 Å². The highest BCUT2D eigenvalue weighted by Gasteiger charge is 2.70. The summed E-state index contributed by atoms with van der Waals surface area (Å²) in [5, 5.41) is 11.9. The lowest BCUT2D eigenvalue weighted by Gasteiger charge is -2.52. The van der Waals surface area contributed by atoms with Crippen LogP contribution in [0.4, 0.5) is 11.4 Å². The Kier molecular flexibility index (Phi) is 4.30. The van der Waals surface area contributed by atoms with Gasteiger partial charge in [-0.15, -0.1) is 0 Å². The maximum absolute atomic E-state index is 14.1. The average molecular weight is 468 g/mol. The van der Waals surface area contributed by atoms with Crippen molar-refractivity contribution in [3.05, 3.63) is 99.1 Å². The molecule has 3 aromatic rings. The van der Waals surface area contributed by atoms with Gasteiger partial charge in [-0.25, -0.2) is 4.90 Å². The third-order valence-corrected chi connectivity index (χ3v) is 7.79. The predicted molar refractivity (Wildman–Crippen MR) is 125 cm³/mol. The average Bonchev–Trinajstić information content (AvgIpc) is 3.14. The molecule has 174 valence electrons. The van der Waals surface area contributed by atoms with Gasteiger partial charge >= 0.3 is 0 Å². The van der Waals surface area contributed by atoms with Crippen molar-refractivity contribution in [2.75, 3.05) is 12.0 Å². The molecule has 1 aliphatic heterocycles. The molecule has 1 heterocycles. The number of hydrogen-bond donors (Lipinski definition) is 0. The highest BCUT2D eigenvalue weighted by atomic mass is 16.6. The summed E-state index contributed by atoms with van der Waals surface area (Å²) in [7, 11) is 1.38. The first-order valence-electron chi connectivity index (χ1n) is 11.2. The Morgan fingerprint density at radius 1 is 0.971 bits per heavy atom. The fraction of sp³-hybridized carbons (Fsp3) is 0.222. The molecule has 0 spiro atoms. The van der Waals surface area contributed by atoms with E-state index in [9.17, 15) is 24.5 Å². The van der Waals surface area contributed by atoms with Gasteiger partial charge in [0.15, 0.2) is 0 Å². The number of ketones is 1. The first kappa shape index (κ1) is 21.2. The highest BCUT2D eigenvalue weighted by molar-refractivity contribution is 6.26. The van der Waals surface area contributed by atoms with E-state index >= 15 is 0 Å². The van der Waals surface area contributed by atoms with Gasteiger partial charge in [-0.1, -0.05) is 48.5 Å². The monoisotopic (exact) mass is 468 g/mol. The number of imide groups is 1. The molecule has 8 nitrogen and oxygen atoms in total. The van der Waals surface area contributed by atoms with Crippen LogP contribution in [0.5, 0.6) is 5.75 Å². The van der Waals surface area contributed by atoms with Crippen LogP contribution < -0.4 is 9.64 Å². The number of Topliss-reactive ketones (excluding diaryl/α,β-unsaturated/α-hetero) is 1. The quantitative estimate of drug-likeness (QED) is 0.328. The number of nitro groups is 1. The summed E-state index contributed by atoms with van der Waals surface area (Å²) in [5.41, 5.74) is 1.25. The molecule has 0 aromatic heterocycles. The minimum Gasteiger partial charge on any atom is -0.496 e. The van der Waals surface area contributed by atoms with Crippen molar-refractivity contribution in [2.24, 2.45) is 11.8 Å². The van der Waals surface area contributed by atoms with Gasteiger partial charge < -0.3 is 4.74 Å². The molecular weight excluding hydrogens is 448 g/mol. The highest BCUT2D eigenvalue weighted by Crippen LogP contribution is 2.64. The zero-order valence-corrected chi connectivity index (χ0v) is 18.9. The summed E-state index contributed by atoms with van der Waals surface area (Å²) in [6.45, 7) is 1.45. The third-order valence-electron chi connectivity index (χ3n) is 7.79. The number of nitro benzene ring substituents is 1. The van der Waals surface area contributed by atoms with E-state index in [-0.39, 0.29) is 17.2 Å². The zero-order chi connectivity index (χ0) is 24.6. The van der Waals surface area contributed by atoms with Crippen LogP contribution in [-0.4, -0.2) is 29.6 Å². The topological polar surface area (TPSA) is 107 Å². The van der Waals surface area contributed by atoms with Crippen LogP contribution in [-0.2, 0) is 19.8 Å². The molecule has 0 saturated carbocycles. The molecule has 2 atom stereocenters. The normalized spacial score (nSPS) is 25.7. The molecule has 4 aliphatic rings. The van der Waals surface area contributed by atoms with E-state index in [1.165, 1.54) is 32.2 Å². The van der Waals surface area contributed by atoms with Crippen LogP contribution in [0.1, 0.15) is 35.1 Å². The van der Waals surface area contributed by atoms with Crippen molar-refractivity contribution in [3.63, 3.8) is 0 Å². The summed E-state index contributed by atoms with van der Waals surface area (Å²) in [6, 6.07) is 18.9. The number of carbonyl (C=O) groups is 3. The molecule has 7 rings (SSSR count). The number of rotatable bonds is 4. The number of amides is 2. The lowest BCUT2D eigenvalue weighted by atomic mass is 9.46. The molecule has 0 N–H and O–H groups in total. The van der Waals surface area contributed by atoms with Gasteiger partial charge in [0.05, 0.1) is 35.4 Å². The van der Waals surface area contributed by atoms with Gasteiger partial charge in [-0.2, -0.15) is 0 Å². The molecule has 35 heavy (non-hydrogen) atoms. The third kappa shape index (κ3) is 2.43. The second-order valence-corrected chi connectivity index (χ2v) is 9.14. The van der Waals surface area contributed by atoms with E-state index in [1.807, 2.05) is 48.5 Å². The summed E-state index contributed by atoms with van der Waals surface area (Å²) in [5.74, 6) is -3.42. The first-order chi connectivity index (χ1) is 16.8. The maximum Gasteiger partial charge on any atom is 0.297 e. The Hall–Kier alpha value is -4.33. The molecule has 2 bridgehead atoms. The maximum atomic E-state index is 14.1. The molecule has 2 amide bonds. The van der Waals surface area contributed by atoms with Gasteiger partial charge in [0.2, 0.25) is 11.8 Å². The van der Waals surface area contributed by atoms with E-state index in [0.717, 1.165) is 27.2 Å². The number of nitrogens with zero attached hydrogens (tertiary/aromatic N) is 2. The fourth-order valence-electron chi connectivity index (χ4n) is 6.57. The van der Waals surface area contributed by atoms with Crippen molar-refractivity contribution < 1.29 is 24.0 Å². The van der Waals surface area contributed by atoms with Crippen LogP contribution in [0.15, 0.2) is 66.7 Å². The standard InChI is InChI=1S/C27H20N2O6/c1-14(30)27-18-9-5-3-7-16(18)22(17-8-4-6-10-19(17)27)23-24(27)26(32)28(25(23)31)20-12-11-15(35-2)13-21(20)29(33)34/h3-13,22-24H,1-2H3/t22?,23-,24+,27?/m1/s1. The molecule has 8 heteroatoms. The minimum absolute atomic E-state index is 0.119. The van der Waals surface area contributed by atoms with Crippen molar-refractivity contribution in [1.29, 1.82) is 0 Å². The summed E-state index contributed by atoms with van der Waals surface area (Å²) < 4.78 is 5.11. The molecule has 1 fully saturated rings. The van der Waals surface area contributed by atoms with Gasteiger partial charge in [0, 0.05) is 5.92 Å². The van der Waals surface area contributed by atoms with Crippen LogP contribution in [0.2, 0.25) is 0 Å². The van der Waals surface area contributed by atoms with Gasteiger partial charge in [-0.3, -0.25) is 24.5 Å². The number of methoxy groups -OCH3 is 1. The molecule has 3 aliphatic carbocycles. The number of anilines is 1. The fourth-order valence-corrected chi connectivity index (χ4v) is 6.57. The summed E-state index contributed by atoms with van der Waals surface area (Å²) >= 11 is 0. The second kappa shape index (κ2) is 7.09. The second-order valence-electron chi connectivity index (χ2n) is 9.14. The zero-order valence-electron chi connectivity index (χ0n) is 18.9. The van der Waals surface area contributed by atoms with E-state index in [4.69, 9.17) is 4.74 Å². The molecule has 3 aromatic carbocycles. The number of ether oxygens (including phenoxy) is 1. The van der Waals surface area contributed by atoms with E-state index < -0.39 is 45.6 Å². The Morgan fingerprint density at radius 3 is 2.11 bits per heavy atom. The predicted octanol–water partition coefficient (Wildman–Crippen LogP) is 3.74. The van der Waals surface area contributed by atoms with Crippen LogP contribution in [0, 0.1) is 22.0 Å². The number of carbonyl (C=O) groups excluding carboxylic acids is 3. The minimum atomic E-state index is -1.35. The lowest BCUT2D eigenvalue weighted by molar-refractivity contribution is -0.384. The first-order valence-corrected chi connectivity index (χ1v) is 11.2. The van der Waals surface area contributed by atoms with Gasteiger partial charge in [-0.05, 0) is 41.3 Å². The SMILES string of the molecule is COc1ccc(N2C(=O)[C@@H]3C4c5ccccc5C(C(C)=O)(c5ccccc54)[C@@H]3C2=O)c([N+](=O)[O-])c1. The van der Waals surface area contributed by atoms with Crippen LogP contribution in [0.3, 0.4) is 0 Å². The largest absolute Gasteiger partial charge is 0.496 e. The van der Waals surface area contributed by atoms with Crippen molar-refractivity contribution >= 4 is 29.0 Å². The summed E-state index contributed by atoms with van der Waals surface area (Å²) in [4.78, 5) is 53.8. The van der Waals surface area contributed by atoms with Crippen molar-refractivity contribution in [2.45, 2.75) is 18.3 Å². The molecular formula is C27H20N2O6. The van der Waals surface area contributed by atoms with Crippen molar-refractivity contribution in [3.8, 4) is 5.75 Å². The van der Waals surface area contributed by atoms with Crippen LogP contribution in [0.25, 0.3) is 0 Å². The van der Waals surface area contributed by atoms with E-state index in [1.54, 1.807) is 0 Å². The van der Waals surface area contributed by atoms with Gasteiger partial charge in [0.25, 0.3) is 5.69 Å². The van der Waals surface area contributed by atoms with Crippen LogP contribution >= 0.6 is 0 Å². The van der Waals surface area contributed by atoms with Gasteiger partial charge in [0.1, 0.15) is 17.2 Å². The molecule has 1 saturated heterocycles. The lowest BCUT2D eigenvalue weighted by Crippen LogP contribution is -2.57.